The van der Waals surface area contributed by atoms with Crippen molar-refractivity contribution in [2.75, 3.05) is 6.54 Å². The van der Waals surface area contributed by atoms with Crippen LogP contribution in [0.5, 0.6) is 0 Å². The van der Waals surface area contributed by atoms with Gasteiger partial charge in [0, 0.05) is 25.2 Å². The Hall–Kier alpha value is -2.77. The number of nitrogens with zero attached hydrogens (tertiary/aromatic N) is 4. The zero-order valence-corrected chi connectivity index (χ0v) is 16.3. The molecule has 150 valence electrons. The topological polar surface area (TPSA) is 80.1 Å². The lowest BCUT2D eigenvalue weighted by Crippen LogP contribution is -2.44. The van der Waals surface area contributed by atoms with E-state index in [-0.39, 0.29) is 35.2 Å². The minimum atomic E-state index is -0.492. The molecule has 1 aliphatic heterocycles. The maximum Gasteiger partial charge on any atom is 0.273 e. The standard InChI is InChI=1S/C20H26FN5O2/c1-14(2)22-19(27)18-13-25(24-23-18)12-10-15-7-5-6-11-26(15)20(28)16-8-3-4-9-17(16)21/h3-4,8-9,13-15H,5-7,10-12H2,1-2H3,(H,22,27). The molecule has 1 N–H and O–H groups in total. The Bertz CT molecular complexity index is 836. The molecule has 1 aromatic heterocycles. The zero-order chi connectivity index (χ0) is 20.1. The van der Waals surface area contributed by atoms with Crippen molar-refractivity contribution in [3.05, 3.63) is 47.5 Å². The predicted molar refractivity (Wildman–Crippen MR) is 102 cm³/mol. The molecule has 0 bridgehead atoms. The largest absolute Gasteiger partial charge is 0.348 e. The molecule has 2 amide bonds. The fourth-order valence-corrected chi connectivity index (χ4v) is 3.49. The summed E-state index contributed by atoms with van der Waals surface area (Å²) in [6.45, 7) is 4.92. The highest BCUT2D eigenvalue weighted by atomic mass is 19.1. The molecule has 0 spiro atoms. The van der Waals surface area contributed by atoms with Gasteiger partial charge < -0.3 is 10.2 Å². The summed E-state index contributed by atoms with van der Waals surface area (Å²) in [7, 11) is 0. The lowest BCUT2D eigenvalue weighted by atomic mass is 9.98. The van der Waals surface area contributed by atoms with E-state index in [1.807, 2.05) is 13.8 Å². The van der Waals surface area contributed by atoms with Crippen molar-refractivity contribution >= 4 is 11.8 Å². The second kappa shape index (κ2) is 8.95. The van der Waals surface area contributed by atoms with Gasteiger partial charge in [0.05, 0.1) is 11.8 Å². The quantitative estimate of drug-likeness (QED) is 0.826. The second-order valence-electron chi connectivity index (χ2n) is 7.41. The van der Waals surface area contributed by atoms with Gasteiger partial charge in [0.15, 0.2) is 5.69 Å². The van der Waals surface area contributed by atoms with Gasteiger partial charge in [-0.3, -0.25) is 14.3 Å². The van der Waals surface area contributed by atoms with Crippen LogP contribution >= 0.6 is 0 Å². The van der Waals surface area contributed by atoms with E-state index < -0.39 is 5.82 Å². The number of piperidine rings is 1. The molecule has 1 unspecified atom stereocenters. The molecule has 3 rings (SSSR count). The number of carbonyl (C=O) groups is 2. The molecule has 1 saturated heterocycles. The van der Waals surface area contributed by atoms with Crippen LogP contribution in [-0.2, 0) is 6.54 Å². The van der Waals surface area contributed by atoms with Gasteiger partial charge in [-0.25, -0.2) is 4.39 Å². The van der Waals surface area contributed by atoms with Gasteiger partial charge in [-0.1, -0.05) is 17.3 Å². The molecule has 2 aromatic rings. The number of halogens is 1. The average Bonchev–Trinajstić information content (AvgIpc) is 3.15. The Labute approximate surface area is 163 Å². The Kier molecular flexibility index (Phi) is 6.38. The van der Waals surface area contributed by atoms with Gasteiger partial charge in [-0.05, 0) is 51.7 Å². The summed E-state index contributed by atoms with van der Waals surface area (Å²) in [4.78, 5) is 26.6. The van der Waals surface area contributed by atoms with Crippen molar-refractivity contribution in [1.82, 2.24) is 25.2 Å². The van der Waals surface area contributed by atoms with Crippen LogP contribution in [0, 0.1) is 5.82 Å². The van der Waals surface area contributed by atoms with Crippen LogP contribution in [0.2, 0.25) is 0 Å². The fraction of sp³-hybridized carbons (Fsp3) is 0.500. The number of amides is 2. The van der Waals surface area contributed by atoms with Crippen LogP contribution in [-0.4, -0.2) is 50.3 Å². The first kappa shape index (κ1) is 20.0. The van der Waals surface area contributed by atoms with Crippen LogP contribution in [0.1, 0.15) is 60.4 Å². The molecule has 1 aliphatic rings. The third-order valence-corrected chi connectivity index (χ3v) is 4.87. The van der Waals surface area contributed by atoms with E-state index in [0.29, 0.717) is 19.5 Å². The third-order valence-electron chi connectivity index (χ3n) is 4.87. The number of likely N-dealkylation sites (tertiary alicyclic amines) is 1. The Morgan fingerprint density at radius 1 is 1.29 bits per heavy atom. The first-order chi connectivity index (χ1) is 13.5. The van der Waals surface area contributed by atoms with E-state index >= 15 is 0 Å². The van der Waals surface area contributed by atoms with E-state index in [1.54, 1.807) is 27.9 Å². The Morgan fingerprint density at radius 2 is 2.07 bits per heavy atom. The van der Waals surface area contributed by atoms with Crippen LogP contribution in [0.4, 0.5) is 4.39 Å². The van der Waals surface area contributed by atoms with E-state index in [2.05, 4.69) is 15.6 Å². The number of rotatable bonds is 6. The minimum Gasteiger partial charge on any atom is -0.348 e. The SMILES string of the molecule is CC(C)NC(=O)c1cn(CCC2CCCCN2C(=O)c2ccccc2F)nn1. The molecular formula is C20H26FN5O2. The fourth-order valence-electron chi connectivity index (χ4n) is 3.49. The van der Waals surface area contributed by atoms with Crippen molar-refractivity contribution in [2.24, 2.45) is 0 Å². The number of carbonyl (C=O) groups excluding carboxylic acids is 2. The molecule has 0 radical (unpaired) electrons. The number of aryl methyl sites for hydroxylation is 1. The van der Waals surface area contributed by atoms with Crippen LogP contribution < -0.4 is 5.32 Å². The molecule has 8 heteroatoms. The number of nitrogens with one attached hydrogen (secondary N) is 1. The smallest absolute Gasteiger partial charge is 0.273 e. The molecule has 28 heavy (non-hydrogen) atoms. The molecule has 2 heterocycles. The molecule has 0 saturated carbocycles. The maximum absolute atomic E-state index is 14.0. The Balaban J connectivity index is 1.64. The number of hydrogen-bond acceptors (Lipinski definition) is 4. The summed E-state index contributed by atoms with van der Waals surface area (Å²) in [6, 6.07) is 6.13. The van der Waals surface area contributed by atoms with E-state index in [0.717, 1.165) is 19.3 Å². The zero-order valence-electron chi connectivity index (χ0n) is 16.3. The molecule has 1 aromatic carbocycles. The molecule has 1 atom stereocenters. The summed E-state index contributed by atoms with van der Waals surface area (Å²) < 4.78 is 15.7. The average molecular weight is 387 g/mol. The van der Waals surface area contributed by atoms with Gasteiger partial charge in [0.25, 0.3) is 11.8 Å². The minimum absolute atomic E-state index is 0.0120. The Morgan fingerprint density at radius 3 is 2.82 bits per heavy atom. The lowest BCUT2D eigenvalue weighted by Gasteiger charge is -2.36. The first-order valence-electron chi connectivity index (χ1n) is 9.72. The van der Waals surface area contributed by atoms with Crippen molar-refractivity contribution in [2.45, 2.75) is 58.2 Å². The summed E-state index contributed by atoms with van der Waals surface area (Å²) in [5.74, 6) is -1.01. The van der Waals surface area contributed by atoms with Gasteiger partial charge >= 0.3 is 0 Å². The number of aromatic nitrogens is 3. The summed E-state index contributed by atoms with van der Waals surface area (Å²) in [5, 5.41) is 10.7. The highest BCUT2D eigenvalue weighted by Crippen LogP contribution is 2.23. The summed E-state index contributed by atoms with van der Waals surface area (Å²) in [6.07, 6.45) is 5.11. The van der Waals surface area contributed by atoms with E-state index in [1.165, 1.54) is 12.1 Å². The molecular weight excluding hydrogens is 361 g/mol. The summed E-state index contributed by atoms with van der Waals surface area (Å²) >= 11 is 0. The van der Waals surface area contributed by atoms with E-state index in [4.69, 9.17) is 0 Å². The maximum atomic E-state index is 14.0. The van der Waals surface area contributed by atoms with E-state index in [9.17, 15) is 14.0 Å². The van der Waals surface area contributed by atoms with Gasteiger partial charge in [-0.2, -0.15) is 0 Å². The number of hydrogen-bond donors (Lipinski definition) is 1. The lowest BCUT2D eigenvalue weighted by molar-refractivity contribution is 0.0589. The monoisotopic (exact) mass is 387 g/mol. The van der Waals surface area contributed by atoms with Gasteiger partial charge in [-0.15, -0.1) is 5.10 Å². The highest BCUT2D eigenvalue weighted by molar-refractivity contribution is 5.94. The summed E-state index contributed by atoms with van der Waals surface area (Å²) in [5.41, 5.74) is 0.388. The molecule has 1 fully saturated rings. The normalized spacial score (nSPS) is 17.0. The van der Waals surface area contributed by atoms with Crippen molar-refractivity contribution < 1.29 is 14.0 Å². The van der Waals surface area contributed by atoms with Crippen molar-refractivity contribution in [1.29, 1.82) is 0 Å². The third kappa shape index (κ3) is 4.74. The number of benzene rings is 1. The molecule has 0 aliphatic carbocycles. The highest BCUT2D eigenvalue weighted by Gasteiger charge is 2.28. The van der Waals surface area contributed by atoms with Crippen LogP contribution in [0.25, 0.3) is 0 Å². The van der Waals surface area contributed by atoms with Gasteiger partial charge in [0.1, 0.15) is 5.82 Å². The molecule has 7 nitrogen and oxygen atoms in total. The van der Waals surface area contributed by atoms with Gasteiger partial charge in [0.2, 0.25) is 0 Å². The van der Waals surface area contributed by atoms with Crippen molar-refractivity contribution in [3.8, 4) is 0 Å². The second-order valence-corrected chi connectivity index (χ2v) is 7.41. The predicted octanol–water partition coefficient (Wildman–Crippen LogP) is 2.64. The first-order valence-corrected chi connectivity index (χ1v) is 9.72. The van der Waals surface area contributed by atoms with Crippen LogP contribution in [0.3, 0.4) is 0 Å². The van der Waals surface area contributed by atoms with Crippen molar-refractivity contribution in [3.63, 3.8) is 0 Å². The van der Waals surface area contributed by atoms with Crippen LogP contribution in [0.15, 0.2) is 30.5 Å².